The van der Waals surface area contributed by atoms with Gasteiger partial charge in [0.25, 0.3) is 0 Å². The van der Waals surface area contributed by atoms with Crippen molar-refractivity contribution < 1.29 is 13.5 Å². The number of hydrogen-bond acceptors (Lipinski definition) is 1. The van der Waals surface area contributed by atoms with Crippen LogP contribution in [-0.4, -0.2) is 12.2 Å². The summed E-state index contributed by atoms with van der Waals surface area (Å²) in [4.78, 5) is 0. The van der Waals surface area contributed by atoms with Gasteiger partial charge in [0.1, 0.15) is 0 Å². The van der Waals surface area contributed by atoms with Crippen molar-refractivity contribution in [3.63, 3.8) is 0 Å². The molecule has 0 radical (unpaired) electrons. The predicted octanol–water partition coefficient (Wildman–Crippen LogP) is 7.43. The second-order valence-corrected chi connectivity index (χ2v) is 8.30. The molecular formula is C25H32F2O. The molecule has 3 heteroatoms. The standard InChI is InChI=1S/C25H32F2O/c1-4-17-28-25(3)15-6-7-19(14-16-25)20-8-10-21(11-9-20)22-13-12-18(5-2)23(26)24(22)27/h8-13,19H,4-7,14-17H2,1-3H3. The Kier molecular flexibility index (Phi) is 6.87. The second-order valence-electron chi connectivity index (χ2n) is 8.30. The Balaban J connectivity index is 1.74. The average molecular weight is 387 g/mol. The maximum Gasteiger partial charge on any atom is 0.166 e. The van der Waals surface area contributed by atoms with Crippen LogP contribution in [0, 0.1) is 11.6 Å². The van der Waals surface area contributed by atoms with Gasteiger partial charge in [-0.15, -0.1) is 0 Å². The van der Waals surface area contributed by atoms with E-state index in [-0.39, 0.29) is 5.60 Å². The zero-order chi connectivity index (χ0) is 20.1. The van der Waals surface area contributed by atoms with Crippen molar-refractivity contribution in [2.24, 2.45) is 0 Å². The molecule has 1 aliphatic carbocycles. The molecule has 152 valence electrons. The SMILES string of the molecule is CCCOC1(C)CCCC(c2ccc(-c3ccc(CC)c(F)c3F)cc2)CC1. The van der Waals surface area contributed by atoms with Gasteiger partial charge >= 0.3 is 0 Å². The second kappa shape index (κ2) is 9.17. The molecule has 0 bridgehead atoms. The van der Waals surface area contributed by atoms with E-state index >= 15 is 0 Å². The van der Waals surface area contributed by atoms with E-state index in [9.17, 15) is 8.78 Å². The summed E-state index contributed by atoms with van der Waals surface area (Å²) in [6.07, 6.45) is 7.13. The highest BCUT2D eigenvalue weighted by Crippen LogP contribution is 2.38. The van der Waals surface area contributed by atoms with Crippen LogP contribution in [-0.2, 0) is 11.2 Å². The number of aryl methyl sites for hydroxylation is 1. The molecule has 0 amide bonds. The maximum atomic E-state index is 14.4. The van der Waals surface area contributed by atoms with Gasteiger partial charge in [0.2, 0.25) is 0 Å². The minimum Gasteiger partial charge on any atom is -0.375 e. The van der Waals surface area contributed by atoms with Gasteiger partial charge in [-0.25, -0.2) is 8.78 Å². The van der Waals surface area contributed by atoms with Gasteiger partial charge in [-0.2, -0.15) is 0 Å². The Morgan fingerprint density at radius 1 is 0.964 bits per heavy atom. The van der Waals surface area contributed by atoms with E-state index in [2.05, 4.69) is 26.0 Å². The van der Waals surface area contributed by atoms with E-state index in [1.807, 2.05) is 19.1 Å². The summed E-state index contributed by atoms with van der Waals surface area (Å²) in [6, 6.07) is 11.4. The van der Waals surface area contributed by atoms with Crippen LogP contribution in [0.4, 0.5) is 8.78 Å². The molecule has 2 aromatic carbocycles. The molecule has 1 nitrogen and oxygen atoms in total. The van der Waals surface area contributed by atoms with Crippen LogP contribution in [0.2, 0.25) is 0 Å². The summed E-state index contributed by atoms with van der Waals surface area (Å²) in [6.45, 7) is 7.05. The van der Waals surface area contributed by atoms with Crippen LogP contribution < -0.4 is 0 Å². The number of benzene rings is 2. The fourth-order valence-corrected chi connectivity index (χ4v) is 4.32. The Labute approximate surface area is 168 Å². The van der Waals surface area contributed by atoms with E-state index in [1.165, 1.54) is 5.56 Å². The highest BCUT2D eigenvalue weighted by molar-refractivity contribution is 5.65. The van der Waals surface area contributed by atoms with Crippen molar-refractivity contribution in [1.29, 1.82) is 0 Å². The van der Waals surface area contributed by atoms with Crippen molar-refractivity contribution >= 4 is 0 Å². The van der Waals surface area contributed by atoms with Crippen molar-refractivity contribution in [2.45, 2.75) is 77.2 Å². The predicted molar refractivity (Wildman–Crippen MR) is 112 cm³/mol. The van der Waals surface area contributed by atoms with Crippen LogP contribution in [0.1, 0.15) is 76.3 Å². The Hall–Kier alpha value is -1.74. The van der Waals surface area contributed by atoms with Crippen molar-refractivity contribution in [3.05, 3.63) is 59.2 Å². The third-order valence-electron chi connectivity index (χ3n) is 6.17. The van der Waals surface area contributed by atoms with Gasteiger partial charge in [-0.1, -0.05) is 50.2 Å². The van der Waals surface area contributed by atoms with E-state index < -0.39 is 11.6 Å². The van der Waals surface area contributed by atoms with Gasteiger partial charge in [0, 0.05) is 12.2 Å². The van der Waals surface area contributed by atoms with E-state index in [0.717, 1.165) is 50.7 Å². The largest absolute Gasteiger partial charge is 0.375 e. The summed E-state index contributed by atoms with van der Waals surface area (Å²) in [5.74, 6) is -0.963. The zero-order valence-corrected chi connectivity index (χ0v) is 17.4. The topological polar surface area (TPSA) is 9.23 Å². The Morgan fingerprint density at radius 3 is 2.39 bits per heavy atom. The van der Waals surface area contributed by atoms with Crippen LogP contribution in [0.25, 0.3) is 11.1 Å². The first-order chi connectivity index (χ1) is 13.5. The number of rotatable bonds is 6. The summed E-state index contributed by atoms with van der Waals surface area (Å²) in [5, 5.41) is 0. The fraction of sp³-hybridized carbons (Fsp3) is 0.520. The molecule has 2 aromatic rings. The number of ether oxygens (including phenoxy) is 1. The van der Waals surface area contributed by atoms with Gasteiger partial charge in [0.05, 0.1) is 5.60 Å². The van der Waals surface area contributed by atoms with Crippen LogP contribution in [0.15, 0.2) is 36.4 Å². The lowest BCUT2D eigenvalue weighted by molar-refractivity contribution is -0.0420. The first-order valence-electron chi connectivity index (χ1n) is 10.7. The molecule has 0 aromatic heterocycles. The molecule has 0 spiro atoms. The van der Waals surface area contributed by atoms with Gasteiger partial charge < -0.3 is 4.74 Å². The number of hydrogen-bond donors (Lipinski definition) is 0. The zero-order valence-electron chi connectivity index (χ0n) is 17.4. The van der Waals surface area contributed by atoms with Crippen LogP contribution in [0.3, 0.4) is 0 Å². The highest BCUT2D eigenvalue weighted by Gasteiger charge is 2.29. The first kappa shape index (κ1) is 21.0. The number of halogens is 2. The maximum absolute atomic E-state index is 14.4. The lowest BCUT2D eigenvalue weighted by atomic mass is 9.89. The molecule has 28 heavy (non-hydrogen) atoms. The van der Waals surface area contributed by atoms with E-state index in [1.54, 1.807) is 12.1 Å². The smallest absolute Gasteiger partial charge is 0.166 e. The first-order valence-corrected chi connectivity index (χ1v) is 10.7. The molecule has 3 rings (SSSR count). The van der Waals surface area contributed by atoms with Crippen molar-refractivity contribution in [3.8, 4) is 11.1 Å². The molecule has 2 unspecified atom stereocenters. The van der Waals surface area contributed by atoms with Crippen LogP contribution >= 0.6 is 0 Å². The van der Waals surface area contributed by atoms with Gasteiger partial charge in [-0.05, 0) is 74.5 Å². The molecule has 1 aliphatic rings. The summed E-state index contributed by atoms with van der Waals surface area (Å²) in [5.41, 5.74) is 2.77. The molecular weight excluding hydrogens is 354 g/mol. The Bertz CT molecular complexity index is 784. The fourth-order valence-electron chi connectivity index (χ4n) is 4.32. The van der Waals surface area contributed by atoms with Crippen molar-refractivity contribution in [2.75, 3.05) is 6.61 Å². The molecule has 0 saturated heterocycles. The third-order valence-corrected chi connectivity index (χ3v) is 6.17. The highest BCUT2D eigenvalue weighted by atomic mass is 19.2. The monoisotopic (exact) mass is 386 g/mol. The minimum absolute atomic E-state index is 0.00756. The lowest BCUT2D eigenvalue weighted by Gasteiger charge is -2.28. The molecule has 0 aliphatic heterocycles. The van der Waals surface area contributed by atoms with Gasteiger partial charge in [0.15, 0.2) is 11.6 Å². The van der Waals surface area contributed by atoms with Gasteiger partial charge in [-0.3, -0.25) is 0 Å². The van der Waals surface area contributed by atoms with Crippen LogP contribution in [0.5, 0.6) is 0 Å². The van der Waals surface area contributed by atoms with E-state index in [0.29, 0.717) is 23.5 Å². The molecule has 0 heterocycles. The van der Waals surface area contributed by atoms with E-state index in [4.69, 9.17) is 4.74 Å². The Morgan fingerprint density at radius 2 is 1.71 bits per heavy atom. The molecule has 1 fully saturated rings. The average Bonchev–Trinajstić information content (AvgIpc) is 2.91. The summed E-state index contributed by atoms with van der Waals surface area (Å²) in [7, 11) is 0. The summed E-state index contributed by atoms with van der Waals surface area (Å²) >= 11 is 0. The minimum atomic E-state index is -0.745. The lowest BCUT2D eigenvalue weighted by Crippen LogP contribution is -2.28. The molecule has 2 atom stereocenters. The third kappa shape index (κ3) is 4.63. The molecule has 1 saturated carbocycles. The van der Waals surface area contributed by atoms with Crippen molar-refractivity contribution in [1.82, 2.24) is 0 Å². The summed E-state index contributed by atoms with van der Waals surface area (Å²) < 4.78 is 34.7. The molecule has 0 N–H and O–H groups in total. The normalized spacial score (nSPS) is 22.8. The quantitative estimate of drug-likeness (QED) is 0.469.